The van der Waals surface area contributed by atoms with Crippen LogP contribution in [0.1, 0.15) is 41.3 Å². The highest BCUT2D eigenvalue weighted by atomic mass is 19.4. The predicted molar refractivity (Wildman–Crippen MR) is 137 cm³/mol. The Balaban J connectivity index is 1.68. The number of benzene rings is 2. The number of amides is 1. The molecule has 1 amide bonds. The SMILES string of the molecule is CNc1cc(-c2cccnc2Oc2cc(NC(=O)c3cccc(C(C)C)c3)cc(C(F)(F)F)c2)ccn1. The Morgan fingerprint density at radius 2 is 1.76 bits per heavy atom. The quantitative estimate of drug-likeness (QED) is 0.274. The number of hydrogen-bond donors (Lipinski definition) is 2. The number of pyridine rings is 2. The van der Waals surface area contributed by atoms with E-state index in [1.165, 1.54) is 12.3 Å². The Morgan fingerprint density at radius 3 is 2.49 bits per heavy atom. The maximum Gasteiger partial charge on any atom is 0.416 e. The molecule has 4 aromatic rings. The van der Waals surface area contributed by atoms with Crippen molar-refractivity contribution < 1.29 is 22.7 Å². The van der Waals surface area contributed by atoms with E-state index in [1.807, 2.05) is 19.9 Å². The third kappa shape index (κ3) is 6.24. The third-order valence-corrected chi connectivity index (χ3v) is 5.62. The summed E-state index contributed by atoms with van der Waals surface area (Å²) >= 11 is 0. The number of carbonyl (C=O) groups is 1. The first-order chi connectivity index (χ1) is 17.6. The zero-order valence-corrected chi connectivity index (χ0v) is 20.4. The summed E-state index contributed by atoms with van der Waals surface area (Å²) in [4.78, 5) is 21.3. The minimum atomic E-state index is -4.66. The van der Waals surface area contributed by atoms with Crippen molar-refractivity contribution in [2.45, 2.75) is 25.9 Å². The van der Waals surface area contributed by atoms with Crippen molar-refractivity contribution >= 4 is 17.4 Å². The number of carbonyl (C=O) groups excluding carboxylic acids is 1. The molecule has 2 N–H and O–H groups in total. The molecule has 0 fully saturated rings. The lowest BCUT2D eigenvalue weighted by Gasteiger charge is -2.15. The summed E-state index contributed by atoms with van der Waals surface area (Å²) < 4.78 is 47.0. The summed E-state index contributed by atoms with van der Waals surface area (Å²) in [7, 11) is 1.73. The fourth-order valence-corrected chi connectivity index (χ4v) is 3.67. The lowest BCUT2D eigenvalue weighted by molar-refractivity contribution is -0.137. The molecule has 6 nitrogen and oxygen atoms in total. The summed E-state index contributed by atoms with van der Waals surface area (Å²) in [6.07, 6.45) is -1.57. The van der Waals surface area contributed by atoms with E-state index < -0.39 is 17.6 Å². The highest BCUT2D eigenvalue weighted by molar-refractivity contribution is 6.04. The van der Waals surface area contributed by atoms with E-state index in [2.05, 4.69) is 20.6 Å². The third-order valence-electron chi connectivity index (χ3n) is 5.62. The number of nitrogens with one attached hydrogen (secondary N) is 2. The molecular weight excluding hydrogens is 481 g/mol. The monoisotopic (exact) mass is 506 g/mol. The largest absolute Gasteiger partial charge is 0.438 e. The normalized spacial score (nSPS) is 11.3. The van der Waals surface area contributed by atoms with Gasteiger partial charge < -0.3 is 15.4 Å². The second-order valence-corrected chi connectivity index (χ2v) is 8.62. The molecular formula is C28H25F3N4O2. The van der Waals surface area contributed by atoms with Gasteiger partial charge in [0.05, 0.1) is 5.56 Å². The maximum atomic E-state index is 13.7. The molecule has 2 heterocycles. The Labute approximate surface area is 212 Å². The van der Waals surface area contributed by atoms with Crippen LogP contribution in [0.2, 0.25) is 0 Å². The molecule has 0 bridgehead atoms. The van der Waals surface area contributed by atoms with E-state index in [9.17, 15) is 18.0 Å². The average molecular weight is 507 g/mol. The van der Waals surface area contributed by atoms with Gasteiger partial charge in [0, 0.05) is 42.3 Å². The molecule has 0 aliphatic heterocycles. The van der Waals surface area contributed by atoms with Gasteiger partial charge in [0.1, 0.15) is 11.6 Å². The number of nitrogens with zero attached hydrogens (tertiary/aromatic N) is 2. The summed E-state index contributed by atoms with van der Waals surface area (Å²) in [6.45, 7) is 3.98. The first-order valence-corrected chi connectivity index (χ1v) is 11.5. The van der Waals surface area contributed by atoms with Crippen LogP contribution in [0.3, 0.4) is 0 Å². The number of rotatable bonds is 7. The van der Waals surface area contributed by atoms with Crippen molar-refractivity contribution in [3.05, 3.63) is 95.8 Å². The van der Waals surface area contributed by atoms with Gasteiger partial charge in [-0.1, -0.05) is 26.0 Å². The highest BCUT2D eigenvalue weighted by Crippen LogP contribution is 2.37. The second-order valence-electron chi connectivity index (χ2n) is 8.62. The van der Waals surface area contributed by atoms with E-state index in [4.69, 9.17) is 4.74 Å². The first kappa shape index (κ1) is 25.7. The standard InChI is InChI=1S/C28H25F3N4O2/c1-17(2)18-6-4-7-20(12-18)26(36)35-22-14-21(28(29,30)31)15-23(16-22)37-27-24(8-5-10-34-27)19-9-11-33-25(13-19)32-3/h4-17H,1-3H3,(H,32,33)(H,35,36). The lowest BCUT2D eigenvalue weighted by Crippen LogP contribution is -2.14. The molecule has 0 spiro atoms. The van der Waals surface area contributed by atoms with E-state index in [1.54, 1.807) is 55.7 Å². The van der Waals surface area contributed by atoms with Gasteiger partial charge in [0.15, 0.2) is 0 Å². The van der Waals surface area contributed by atoms with Crippen molar-refractivity contribution in [1.29, 1.82) is 0 Å². The Hall–Kier alpha value is -4.40. The summed E-state index contributed by atoms with van der Waals surface area (Å²) in [5, 5.41) is 5.51. The molecule has 0 radical (unpaired) electrons. The molecule has 0 saturated heterocycles. The molecule has 0 atom stereocenters. The van der Waals surface area contributed by atoms with Crippen molar-refractivity contribution in [2.75, 3.05) is 17.7 Å². The van der Waals surface area contributed by atoms with Crippen LogP contribution in [0.25, 0.3) is 11.1 Å². The van der Waals surface area contributed by atoms with E-state index in [0.717, 1.165) is 17.7 Å². The molecule has 2 aromatic heterocycles. The highest BCUT2D eigenvalue weighted by Gasteiger charge is 2.32. The number of halogens is 3. The van der Waals surface area contributed by atoms with Gasteiger partial charge in [0.2, 0.25) is 5.88 Å². The number of aromatic nitrogens is 2. The molecule has 9 heteroatoms. The van der Waals surface area contributed by atoms with Crippen LogP contribution in [0.4, 0.5) is 24.7 Å². The van der Waals surface area contributed by atoms with Crippen LogP contribution < -0.4 is 15.4 Å². The van der Waals surface area contributed by atoms with Crippen LogP contribution in [0.15, 0.2) is 79.1 Å². The van der Waals surface area contributed by atoms with Gasteiger partial charge >= 0.3 is 6.18 Å². The Bertz CT molecular complexity index is 1420. The van der Waals surface area contributed by atoms with Gasteiger partial charge in [0.25, 0.3) is 5.91 Å². The summed E-state index contributed by atoms with van der Waals surface area (Å²) in [6, 6.07) is 17.0. The van der Waals surface area contributed by atoms with Gasteiger partial charge in [-0.25, -0.2) is 9.97 Å². The smallest absolute Gasteiger partial charge is 0.416 e. The van der Waals surface area contributed by atoms with Crippen molar-refractivity contribution in [3.8, 4) is 22.8 Å². The predicted octanol–water partition coefficient (Wildman–Crippen LogP) is 7.37. The van der Waals surface area contributed by atoms with Crippen molar-refractivity contribution in [3.63, 3.8) is 0 Å². The van der Waals surface area contributed by atoms with Gasteiger partial charge in [-0.2, -0.15) is 13.2 Å². The molecule has 0 aliphatic carbocycles. The number of anilines is 2. The first-order valence-electron chi connectivity index (χ1n) is 11.5. The fraction of sp³-hybridized carbons (Fsp3) is 0.179. The van der Waals surface area contributed by atoms with Gasteiger partial charge in [-0.15, -0.1) is 0 Å². The maximum absolute atomic E-state index is 13.7. The molecule has 190 valence electrons. The second kappa shape index (κ2) is 10.7. The summed E-state index contributed by atoms with van der Waals surface area (Å²) in [5.41, 5.74) is 1.55. The number of ether oxygens (including phenoxy) is 1. The average Bonchev–Trinajstić information content (AvgIpc) is 2.88. The van der Waals surface area contributed by atoms with Crippen LogP contribution in [-0.2, 0) is 6.18 Å². The van der Waals surface area contributed by atoms with Gasteiger partial charge in [-0.3, -0.25) is 4.79 Å². The molecule has 0 aliphatic rings. The Kier molecular flexibility index (Phi) is 7.42. The fourth-order valence-electron chi connectivity index (χ4n) is 3.67. The zero-order valence-electron chi connectivity index (χ0n) is 20.4. The van der Waals surface area contributed by atoms with Crippen LogP contribution >= 0.6 is 0 Å². The molecule has 0 saturated carbocycles. The minimum Gasteiger partial charge on any atom is -0.438 e. The van der Waals surface area contributed by atoms with Crippen LogP contribution in [-0.4, -0.2) is 22.9 Å². The van der Waals surface area contributed by atoms with Crippen molar-refractivity contribution in [1.82, 2.24) is 9.97 Å². The van der Waals surface area contributed by atoms with Crippen LogP contribution in [0.5, 0.6) is 11.6 Å². The van der Waals surface area contributed by atoms with Gasteiger partial charge in [-0.05, 0) is 65.6 Å². The van der Waals surface area contributed by atoms with E-state index in [-0.39, 0.29) is 23.2 Å². The number of alkyl halides is 3. The zero-order chi connectivity index (χ0) is 26.6. The lowest BCUT2D eigenvalue weighted by atomic mass is 10.0. The molecule has 2 aromatic carbocycles. The van der Waals surface area contributed by atoms with E-state index in [0.29, 0.717) is 22.5 Å². The van der Waals surface area contributed by atoms with Crippen molar-refractivity contribution in [2.24, 2.45) is 0 Å². The van der Waals surface area contributed by atoms with Crippen LogP contribution in [0, 0.1) is 0 Å². The van der Waals surface area contributed by atoms with E-state index >= 15 is 0 Å². The Morgan fingerprint density at radius 1 is 0.946 bits per heavy atom. The molecule has 0 unspecified atom stereocenters. The minimum absolute atomic E-state index is 0.0522. The number of hydrogen-bond acceptors (Lipinski definition) is 5. The molecule has 4 rings (SSSR count). The topological polar surface area (TPSA) is 76.1 Å². The molecule has 37 heavy (non-hydrogen) atoms. The summed E-state index contributed by atoms with van der Waals surface area (Å²) in [5.74, 6) is 0.264.